The summed E-state index contributed by atoms with van der Waals surface area (Å²) in [6.07, 6.45) is 4.24. The van der Waals surface area contributed by atoms with Crippen molar-refractivity contribution in [3.63, 3.8) is 0 Å². The van der Waals surface area contributed by atoms with Gasteiger partial charge >= 0.3 is 0 Å². The Kier molecular flexibility index (Phi) is 6.44. The number of aromatic nitrogens is 5. The van der Waals surface area contributed by atoms with E-state index in [1.165, 1.54) is 18.1 Å². The molecule has 1 aliphatic rings. The molecule has 0 atom stereocenters. The molecular formula is C29H24F2N6O2. The number of nitrogens with zero attached hydrogens (tertiary/aromatic N) is 5. The van der Waals surface area contributed by atoms with Crippen LogP contribution in [0.25, 0.3) is 33.4 Å². The van der Waals surface area contributed by atoms with Gasteiger partial charge in [0.15, 0.2) is 0 Å². The van der Waals surface area contributed by atoms with Gasteiger partial charge in [-0.1, -0.05) is 30.3 Å². The first kappa shape index (κ1) is 24.6. The Bertz CT molecular complexity index is 1650. The number of carbonyl (C=O) groups excluding carboxylic acids is 1. The van der Waals surface area contributed by atoms with Crippen molar-refractivity contribution in [2.24, 2.45) is 0 Å². The maximum atomic E-state index is 13.2. The molecule has 0 saturated heterocycles. The molecule has 196 valence electrons. The highest BCUT2D eigenvalue weighted by atomic mass is 19.3. The Labute approximate surface area is 222 Å². The summed E-state index contributed by atoms with van der Waals surface area (Å²) in [4.78, 5) is 26.4. The fourth-order valence-corrected chi connectivity index (χ4v) is 4.56. The number of rotatable bonds is 8. The third kappa shape index (κ3) is 5.05. The number of benzene rings is 2. The smallest absolute Gasteiger partial charge is 0.257 e. The van der Waals surface area contributed by atoms with Gasteiger partial charge in [0.25, 0.3) is 12.3 Å². The first-order chi connectivity index (χ1) is 19.0. The molecule has 2 aromatic carbocycles. The van der Waals surface area contributed by atoms with Crippen LogP contribution in [0.1, 0.15) is 34.8 Å². The van der Waals surface area contributed by atoms with Crippen LogP contribution in [-0.2, 0) is 6.54 Å². The maximum absolute atomic E-state index is 13.2. The molecule has 1 N–H and O–H groups in total. The molecule has 0 spiro atoms. The summed E-state index contributed by atoms with van der Waals surface area (Å²) in [5.41, 5.74) is 4.73. The quantitative estimate of drug-likeness (QED) is 0.268. The van der Waals surface area contributed by atoms with Crippen LogP contribution in [0.3, 0.4) is 0 Å². The Morgan fingerprint density at radius 1 is 1.08 bits per heavy atom. The molecule has 39 heavy (non-hydrogen) atoms. The highest BCUT2D eigenvalue weighted by Gasteiger charge is 2.25. The van der Waals surface area contributed by atoms with Crippen LogP contribution in [0.4, 0.5) is 14.5 Å². The van der Waals surface area contributed by atoms with E-state index in [0.29, 0.717) is 50.8 Å². The molecule has 1 aliphatic carbocycles. The number of amides is 1. The number of anilines is 1. The highest BCUT2D eigenvalue weighted by Crippen LogP contribution is 2.39. The lowest BCUT2D eigenvalue weighted by Gasteiger charge is -2.13. The fraction of sp³-hybridized carbons (Fsp3) is 0.207. The Morgan fingerprint density at radius 2 is 1.90 bits per heavy atom. The molecule has 0 unspecified atom stereocenters. The van der Waals surface area contributed by atoms with Crippen molar-refractivity contribution in [3.8, 4) is 28.3 Å². The number of hydrogen-bond donors (Lipinski definition) is 1. The van der Waals surface area contributed by atoms with Gasteiger partial charge in [0.2, 0.25) is 0 Å². The van der Waals surface area contributed by atoms with Crippen LogP contribution < -0.4 is 10.1 Å². The first-order valence-corrected chi connectivity index (χ1v) is 12.5. The van der Waals surface area contributed by atoms with Crippen molar-refractivity contribution in [2.45, 2.75) is 31.7 Å². The summed E-state index contributed by atoms with van der Waals surface area (Å²) in [6, 6.07) is 16.4. The van der Waals surface area contributed by atoms with E-state index in [1.807, 2.05) is 36.4 Å². The molecule has 1 saturated carbocycles. The van der Waals surface area contributed by atoms with Crippen LogP contribution >= 0.6 is 0 Å². The van der Waals surface area contributed by atoms with Gasteiger partial charge in [0, 0.05) is 46.6 Å². The lowest BCUT2D eigenvalue weighted by atomic mass is 10.0. The van der Waals surface area contributed by atoms with E-state index in [9.17, 15) is 13.6 Å². The van der Waals surface area contributed by atoms with Crippen molar-refractivity contribution >= 4 is 22.5 Å². The maximum Gasteiger partial charge on any atom is 0.257 e. The predicted molar refractivity (Wildman–Crippen MR) is 143 cm³/mol. The second-order valence-electron chi connectivity index (χ2n) is 9.36. The first-order valence-electron chi connectivity index (χ1n) is 12.5. The molecule has 1 amide bonds. The second-order valence-corrected chi connectivity index (χ2v) is 9.36. The van der Waals surface area contributed by atoms with Crippen LogP contribution in [0.15, 0.2) is 73.3 Å². The topological polar surface area (TPSA) is 94.8 Å². The van der Waals surface area contributed by atoms with Crippen molar-refractivity contribution in [1.29, 1.82) is 0 Å². The average molecular weight is 527 g/mol. The van der Waals surface area contributed by atoms with Crippen molar-refractivity contribution in [2.75, 3.05) is 12.4 Å². The van der Waals surface area contributed by atoms with E-state index in [1.54, 1.807) is 30.6 Å². The van der Waals surface area contributed by atoms with Crippen LogP contribution in [-0.4, -0.2) is 44.2 Å². The SMILES string of the molecule is COc1cc2ncnc(-c3cn(CC(F)F)nc3-c3ccccc3)c2cc1NC(=O)c1ccc(C2CC2)nc1. The summed E-state index contributed by atoms with van der Waals surface area (Å²) >= 11 is 0. The molecule has 3 heterocycles. The number of fused-ring (bicyclic) bond motifs is 1. The van der Waals surface area contributed by atoms with Crippen LogP contribution in [0, 0.1) is 0 Å². The third-order valence-electron chi connectivity index (χ3n) is 6.64. The number of carbonyl (C=O) groups is 1. The molecular weight excluding hydrogens is 502 g/mol. The minimum atomic E-state index is -2.57. The van der Waals surface area contributed by atoms with Crippen molar-refractivity contribution < 1.29 is 18.3 Å². The number of ether oxygens (including phenoxy) is 1. The largest absolute Gasteiger partial charge is 0.494 e. The lowest BCUT2D eigenvalue weighted by molar-refractivity contribution is 0.102. The number of pyridine rings is 1. The van der Waals surface area contributed by atoms with Gasteiger partial charge in [-0.05, 0) is 31.0 Å². The van der Waals surface area contributed by atoms with Gasteiger partial charge in [-0.25, -0.2) is 18.7 Å². The molecule has 0 radical (unpaired) electrons. The summed E-state index contributed by atoms with van der Waals surface area (Å²) in [7, 11) is 1.51. The Balaban J connectivity index is 1.42. The zero-order valence-electron chi connectivity index (χ0n) is 21.0. The molecule has 8 nitrogen and oxygen atoms in total. The number of alkyl halides is 2. The average Bonchev–Trinajstić information content (AvgIpc) is 3.73. The van der Waals surface area contributed by atoms with E-state index in [2.05, 4.69) is 25.4 Å². The number of nitrogens with one attached hydrogen (secondary N) is 1. The Hall–Kier alpha value is -4.73. The van der Waals surface area contributed by atoms with Gasteiger partial charge in [0.1, 0.15) is 24.3 Å². The van der Waals surface area contributed by atoms with E-state index in [4.69, 9.17) is 4.74 Å². The number of methoxy groups -OCH3 is 1. The van der Waals surface area contributed by atoms with Crippen LogP contribution in [0.5, 0.6) is 5.75 Å². The standard InChI is InChI=1S/C29H24F2N6O2/c1-39-25-12-23-20(11-24(25)35-29(38)19-9-10-22(32-13-19)17-7-8-17)28(34-16-33-23)21-14-37(15-26(30)31)36-27(21)18-5-3-2-4-6-18/h2-6,9-14,16-17,26H,7-8,15H2,1H3,(H,35,38). The Morgan fingerprint density at radius 3 is 2.59 bits per heavy atom. The molecule has 6 rings (SSSR count). The van der Waals surface area contributed by atoms with Gasteiger partial charge in [-0.2, -0.15) is 5.10 Å². The monoisotopic (exact) mass is 526 g/mol. The molecule has 10 heteroatoms. The minimum absolute atomic E-state index is 0.337. The van der Waals surface area contributed by atoms with Crippen LogP contribution in [0.2, 0.25) is 0 Å². The summed E-state index contributed by atoms with van der Waals surface area (Å²) in [5.74, 6) is 0.572. The highest BCUT2D eigenvalue weighted by molar-refractivity contribution is 6.07. The second kappa shape index (κ2) is 10.2. The zero-order valence-corrected chi connectivity index (χ0v) is 21.0. The van der Waals surface area contributed by atoms with Crippen molar-refractivity contribution in [1.82, 2.24) is 24.7 Å². The predicted octanol–water partition coefficient (Wildman–Crippen LogP) is 5.96. The third-order valence-corrected chi connectivity index (χ3v) is 6.64. The van der Waals surface area contributed by atoms with Gasteiger partial charge in [-0.3, -0.25) is 14.5 Å². The summed E-state index contributed by atoms with van der Waals surface area (Å²) in [5, 5.41) is 7.96. The van der Waals surface area contributed by atoms with Gasteiger partial charge < -0.3 is 10.1 Å². The van der Waals surface area contributed by atoms with E-state index < -0.39 is 13.0 Å². The molecule has 0 bridgehead atoms. The molecule has 1 fully saturated rings. The molecule has 5 aromatic rings. The van der Waals surface area contributed by atoms with E-state index in [-0.39, 0.29) is 5.91 Å². The normalized spacial score (nSPS) is 13.1. The summed E-state index contributed by atoms with van der Waals surface area (Å²) in [6.45, 7) is -0.550. The fourth-order valence-electron chi connectivity index (χ4n) is 4.56. The van der Waals surface area contributed by atoms with Crippen molar-refractivity contribution in [3.05, 3.63) is 84.6 Å². The number of hydrogen-bond acceptors (Lipinski definition) is 6. The van der Waals surface area contributed by atoms with E-state index in [0.717, 1.165) is 24.1 Å². The zero-order chi connectivity index (χ0) is 26.9. The van der Waals surface area contributed by atoms with E-state index >= 15 is 0 Å². The number of halogens is 2. The summed E-state index contributed by atoms with van der Waals surface area (Å²) < 4.78 is 33.2. The lowest BCUT2D eigenvalue weighted by Crippen LogP contribution is -2.13. The molecule has 0 aliphatic heterocycles. The minimum Gasteiger partial charge on any atom is -0.494 e. The van der Waals surface area contributed by atoms with Gasteiger partial charge in [-0.15, -0.1) is 0 Å². The van der Waals surface area contributed by atoms with Gasteiger partial charge in [0.05, 0.1) is 29.6 Å². The molecule has 3 aromatic heterocycles.